The first-order valence-electron chi connectivity index (χ1n) is 4.74. The Morgan fingerprint density at radius 1 is 1.43 bits per heavy atom. The zero-order chi connectivity index (χ0) is 10.4. The largest absolute Gasteiger partial charge is 0.335 e. The molecule has 0 aromatic heterocycles. The molecule has 0 unspecified atom stereocenters. The maximum atomic E-state index is 11.8. The molecule has 0 fully saturated rings. The van der Waals surface area contributed by atoms with Gasteiger partial charge in [-0.3, -0.25) is 4.79 Å². The predicted molar refractivity (Wildman–Crippen MR) is 58.2 cm³/mol. The van der Waals surface area contributed by atoms with Crippen molar-refractivity contribution in [1.82, 2.24) is 4.90 Å². The van der Waals surface area contributed by atoms with E-state index in [0.29, 0.717) is 13.1 Å². The van der Waals surface area contributed by atoms with E-state index in [9.17, 15) is 4.79 Å². The van der Waals surface area contributed by atoms with Gasteiger partial charge in [0.05, 0.1) is 0 Å². The molecule has 0 aliphatic rings. The first-order chi connectivity index (χ1) is 6.79. The molecule has 14 heavy (non-hydrogen) atoms. The quantitative estimate of drug-likeness (QED) is 0.666. The van der Waals surface area contributed by atoms with E-state index in [0.717, 1.165) is 5.56 Å². The molecule has 0 N–H and O–H groups in total. The number of carbonyl (C=O) groups excluding carboxylic acids is 1. The van der Waals surface area contributed by atoms with Crippen molar-refractivity contribution in [3.8, 4) is 0 Å². The Labute approximate surface area is 84.9 Å². The van der Waals surface area contributed by atoms with Crippen molar-refractivity contribution < 1.29 is 4.79 Å². The summed E-state index contributed by atoms with van der Waals surface area (Å²) < 4.78 is 0. The van der Waals surface area contributed by atoms with Crippen LogP contribution in [0.3, 0.4) is 0 Å². The van der Waals surface area contributed by atoms with Crippen molar-refractivity contribution in [2.75, 3.05) is 13.1 Å². The van der Waals surface area contributed by atoms with E-state index in [1.54, 1.807) is 11.0 Å². The van der Waals surface area contributed by atoms with Crippen LogP contribution in [-0.4, -0.2) is 23.9 Å². The fourth-order valence-corrected chi connectivity index (χ4v) is 1.27. The van der Waals surface area contributed by atoms with Gasteiger partial charge in [-0.25, -0.2) is 0 Å². The van der Waals surface area contributed by atoms with Crippen LogP contribution in [0.2, 0.25) is 0 Å². The van der Waals surface area contributed by atoms with Crippen LogP contribution in [0.15, 0.2) is 43.0 Å². The smallest absolute Gasteiger partial charge is 0.254 e. The number of nitrogens with zero attached hydrogens (tertiary/aromatic N) is 1. The van der Waals surface area contributed by atoms with Crippen LogP contribution in [0.4, 0.5) is 0 Å². The van der Waals surface area contributed by atoms with E-state index in [1.807, 2.05) is 37.3 Å². The minimum Gasteiger partial charge on any atom is -0.335 e. The molecule has 0 bridgehead atoms. The number of hydrogen-bond donors (Lipinski definition) is 0. The van der Waals surface area contributed by atoms with Gasteiger partial charge in [-0.15, -0.1) is 6.58 Å². The number of amides is 1. The molecule has 0 saturated heterocycles. The summed E-state index contributed by atoms with van der Waals surface area (Å²) in [5.74, 6) is 0.0630. The summed E-state index contributed by atoms with van der Waals surface area (Å²) in [6, 6.07) is 9.30. The average molecular weight is 189 g/mol. The van der Waals surface area contributed by atoms with E-state index in [1.165, 1.54) is 0 Å². The van der Waals surface area contributed by atoms with Gasteiger partial charge in [-0.05, 0) is 19.1 Å². The Kier molecular flexibility index (Phi) is 3.92. The van der Waals surface area contributed by atoms with Crippen LogP contribution in [0.25, 0.3) is 0 Å². The van der Waals surface area contributed by atoms with Crippen LogP contribution in [0.1, 0.15) is 17.3 Å². The molecule has 1 amide bonds. The highest BCUT2D eigenvalue weighted by atomic mass is 16.2. The standard InChI is InChI=1S/C12H15NO/c1-3-10-13(4-2)12(14)11-8-6-5-7-9-11/h3,5-9H,1,4,10H2,2H3. The molecule has 1 rings (SSSR count). The Morgan fingerprint density at radius 2 is 2.07 bits per heavy atom. The minimum absolute atomic E-state index is 0.0630. The maximum absolute atomic E-state index is 11.8. The van der Waals surface area contributed by atoms with E-state index in [4.69, 9.17) is 0 Å². The second-order valence-corrected chi connectivity index (χ2v) is 3.00. The second-order valence-electron chi connectivity index (χ2n) is 3.00. The molecule has 1 aromatic rings. The average Bonchev–Trinajstić information content (AvgIpc) is 2.26. The second kappa shape index (κ2) is 5.22. The van der Waals surface area contributed by atoms with Gasteiger partial charge in [0.1, 0.15) is 0 Å². The molecular formula is C12H15NO. The number of rotatable bonds is 4. The molecule has 0 saturated carbocycles. The minimum atomic E-state index is 0.0630. The molecule has 1 aromatic carbocycles. The van der Waals surface area contributed by atoms with Crippen molar-refractivity contribution in [2.45, 2.75) is 6.92 Å². The highest BCUT2D eigenvalue weighted by Crippen LogP contribution is 2.04. The van der Waals surface area contributed by atoms with Crippen molar-refractivity contribution in [2.24, 2.45) is 0 Å². The van der Waals surface area contributed by atoms with E-state index >= 15 is 0 Å². The van der Waals surface area contributed by atoms with Crippen molar-refractivity contribution >= 4 is 5.91 Å². The van der Waals surface area contributed by atoms with Crippen LogP contribution in [-0.2, 0) is 0 Å². The number of benzene rings is 1. The van der Waals surface area contributed by atoms with Crippen LogP contribution >= 0.6 is 0 Å². The fraction of sp³-hybridized carbons (Fsp3) is 0.250. The summed E-state index contributed by atoms with van der Waals surface area (Å²) in [4.78, 5) is 13.6. The Hall–Kier alpha value is -1.57. The topological polar surface area (TPSA) is 20.3 Å². The third-order valence-electron chi connectivity index (χ3n) is 2.04. The molecule has 2 nitrogen and oxygen atoms in total. The zero-order valence-corrected chi connectivity index (χ0v) is 8.44. The Bertz CT molecular complexity index is 305. The molecule has 0 radical (unpaired) electrons. The third-order valence-corrected chi connectivity index (χ3v) is 2.04. The van der Waals surface area contributed by atoms with E-state index < -0.39 is 0 Å². The zero-order valence-electron chi connectivity index (χ0n) is 8.44. The fourth-order valence-electron chi connectivity index (χ4n) is 1.27. The van der Waals surface area contributed by atoms with Crippen molar-refractivity contribution in [3.05, 3.63) is 48.6 Å². The van der Waals surface area contributed by atoms with Gasteiger partial charge < -0.3 is 4.90 Å². The summed E-state index contributed by atoms with van der Waals surface area (Å²) in [6.07, 6.45) is 1.74. The van der Waals surface area contributed by atoms with Crippen molar-refractivity contribution in [3.63, 3.8) is 0 Å². The van der Waals surface area contributed by atoms with Crippen LogP contribution in [0.5, 0.6) is 0 Å². The van der Waals surface area contributed by atoms with E-state index in [-0.39, 0.29) is 5.91 Å². The van der Waals surface area contributed by atoms with Gasteiger partial charge >= 0.3 is 0 Å². The highest BCUT2D eigenvalue weighted by molar-refractivity contribution is 5.94. The predicted octanol–water partition coefficient (Wildman–Crippen LogP) is 2.33. The summed E-state index contributed by atoms with van der Waals surface area (Å²) in [5.41, 5.74) is 0.733. The molecule has 0 aliphatic heterocycles. The highest BCUT2D eigenvalue weighted by Gasteiger charge is 2.11. The normalized spacial score (nSPS) is 9.50. The van der Waals surface area contributed by atoms with Gasteiger partial charge in [-0.2, -0.15) is 0 Å². The summed E-state index contributed by atoms with van der Waals surface area (Å²) in [5, 5.41) is 0. The number of hydrogen-bond acceptors (Lipinski definition) is 1. The molecular weight excluding hydrogens is 174 g/mol. The number of carbonyl (C=O) groups is 1. The summed E-state index contributed by atoms with van der Waals surface area (Å²) in [6.45, 7) is 6.90. The van der Waals surface area contributed by atoms with Gasteiger partial charge in [0.15, 0.2) is 0 Å². The van der Waals surface area contributed by atoms with Gasteiger partial charge in [-0.1, -0.05) is 24.3 Å². The first kappa shape index (κ1) is 10.5. The lowest BCUT2D eigenvalue weighted by atomic mass is 10.2. The summed E-state index contributed by atoms with van der Waals surface area (Å²) in [7, 11) is 0. The molecule has 0 heterocycles. The number of likely N-dealkylation sites (N-methyl/N-ethyl adjacent to an activating group) is 1. The molecule has 0 spiro atoms. The summed E-state index contributed by atoms with van der Waals surface area (Å²) >= 11 is 0. The third kappa shape index (κ3) is 2.46. The molecule has 74 valence electrons. The van der Waals surface area contributed by atoms with Gasteiger partial charge in [0, 0.05) is 18.7 Å². The maximum Gasteiger partial charge on any atom is 0.254 e. The molecule has 0 atom stereocenters. The lowest BCUT2D eigenvalue weighted by Gasteiger charge is -2.18. The Morgan fingerprint density at radius 3 is 2.57 bits per heavy atom. The van der Waals surface area contributed by atoms with Crippen LogP contribution < -0.4 is 0 Å². The molecule has 0 aliphatic carbocycles. The Balaban J connectivity index is 2.78. The first-order valence-corrected chi connectivity index (χ1v) is 4.74. The van der Waals surface area contributed by atoms with Gasteiger partial charge in [0.2, 0.25) is 0 Å². The van der Waals surface area contributed by atoms with Crippen LogP contribution in [0, 0.1) is 0 Å². The van der Waals surface area contributed by atoms with E-state index in [2.05, 4.69) is 6.58 Å². The van der Waals surface area contributed by atoms with Crippen molar-refractivity contribution in [1.29, 1.82) is 0 Å². The molecule has 2 heteroatoms. The van der Waals surface area contributed by atoms with Gasteiger partial charge in [0.25, 0.3) is 5.91 Å². The monoisotopic (exact) mass is 189 g/mol. The SMILES string of the molecule is C=CCN(CC)C(=O)c1ccccc1. The lowest BCUT2D eigenvalue weighted by Crippen LogP contribution is -2.30. The lowest BCUT2D eigenvalue weighted by molar-refractivity contribution is 0.0782.